The quantitative estimate of drug-likeness (QED) is 0.513. The molecule has 0 N–H and O–H groups in total. The Labute approximate surface area is 182 Å². The second-order valence-corrected chi connectivity index (χ2v) is 7.65. The van der Waals surface area contributed by atoms with Gasteiger partial charge in [0.25, 0.3) is 0 Å². The molecule has 0 aliphatic heterocycles. The van der Waals surface area contributed by atoms with Crippen LogP contribution in [0.1, 0.15) is 44.1 Å². The molecule has 3 rings (SSSR count). The van der Waals surface area contributed by atoms with Gasteiger partial charge >= 0.3 is 0 Å². The fraction of sp³-hybridized carbons (Fsp3) is 0.435. The van der Waals surface area contributed by atoms with Gasteiger partial charge in [0.1, 0.15) is 5.75 Å². The number of amides is 1. The van der Waals surface area contributed by atoms with Gasteiger partial charge in [0.05, 0.1) is 35.1 Å². The lowest BCUT2D eigenvalue weighted by Gasteiger charge is -2.18. The van der Waals surface area contributed by atoms with Gasteiger partial charge in [0.2, 0.25) is 5.91 Å². The molecule has 0 bridgehead atoms. The average Bonchev–Trinajstić information content (AvgIpc) is 3.10. The van der Waals surface area contributed by atoms with E-state index in [0.29, 0.717) is 30.4 Å². The van der Waals surface area contributed by atoms with Crippen LogP contribution in [0.2, 0.25) is 5.02 Å². The van der Waals surface area contributed by atoms with E-state index < -0.39 is 0 Å². The van der Waals surface area contributed by atoms with Crippen molar-refractivity contribution in [3.8, 4) is 17.0 Å². The maximum absolute atomic E-state index is 12.9. The predicted octanol–water partition coefficient (Wildman–Crippen LogP) is 4.87. The van der Waals surface area contributed by atoms with Gasteiger partial charge in [-0.2, -0.15) is 5.10 Å². The van der Waals surface area contributed by atoms with Crippen LogP contribution < -0.4 is 4.74 Å². The lowest BCUT2D eigenvalue weighted by Crippen LogP contribution is -2.31. The molecule has 7 heteroatoms. The highest BCUT2D eigenvalue weighted by Gasteiger charge is 2.23. The fourth-order valence-electron chi connectivity index (χ4n) is 3.52. The van der Waals surface area contributed by atoms with E-state index in [1.807, 2.05) is 56.9 Å². The number of hydrogen-bond acceptors (Lipinski definition) is 4. The Hall–Kier alpha value is -2.60. The summed E-state index contributed by atoms with van der Waals surface area (Å²) >= 11 is 6.42. The monoisotopic (exact) mass is 428 g/mol. The first-order valence-corrected chi connectivity index (χ1v) is 10.8. The maximum atomic E-state index is 12.9. The molecule has 0 unspecified atom stereocenters. The zero-order valence-corrected chi connectivity index (χ0v) is 19.1. The normalized spacial score (nSPS) is 11.1. The average molecular weight is 429 g/mol. The molecular weight excluding hydrogens is 400 g/mol. The smallest absolute Gasteiger partial charge is 0.227 e. The molecule has 0 saturated heterocycles. The number of aromatic nitrogens is 3. The van der Waals surface area contributed by atoms with Crippen molar-refractivity contribution in [2.75, 3.05) is 19.7 Å². The first-order valence-electron chi connectivity index (χ1n) is 10.5. The molecule has 2 aromatic heterocycles. The second kappa shape index (κ2) is 9.47. The highest BCUT2D eigenvalue weighted by Crippen LogP contribution is 2.30. The van der Waals surface area contributed by atoms with Gasteiger partial charge in [-0.15, -0.1) is 0 Å². The van der Waals surface area contributed by atoms with Crippen molar-refractivity contribution < 1.29 is 9.53 Å². The SMILES string of the molecule is CCCOc1ccc(-c2nn3c(C)c(Cl)c(C)nc3c2CC(=O)N(CC)CC)cc1. The maximum Gasteiger partial charge on any atom is 0.227 e. The molecule has 0 atom stereocenters. The molecule has 0 spiro atoms. The zero-order chi connectivity index (χ0) is 21.8. The van der Waals surface area contributed by atoms with Crippen LogP contribution in [-0.2, 0) is 11.2 Å². The van der Waals surface area contributed by atoms with Crippen LogP contribution in [0.4, 0.5) is 0 Å². The number of rotatable bonds is 8. The van der Waals surface area contributed by atoms with Crippen LogP contribution >= 0.6 is 11.6 Å². The van der Waals surface area contributed by atoms with Crippen LogP contribution in [0, 0.1) is 13.8 Å². The van der Waals surface area contributed by atoms with Gasteiger partial charge in [-0.1, -0.05) is 18.5 Å². The summed E-state index contributed by atoms with van der Waals surface area (Å²) in [6.45, 7) is 11.9. The second-order valence-electron chi connectivity index (χ2n) is 7.27. The Balaban J connectivity index is 2.12. The van der Waals surface area contributed by atoms with Gasteiger partial charge in [0.15, 0.2) is 5.65 Å². The highest BCUT2D eigenvalue weighted by atomic mass is 35.5. The van der Waals surface area contributed by atoms with E-state index in [9.17, 15) is 4.79 Å². The Morgan fingerprint density at radius 3 is 2.40 bits per heavy atom. The minimum atomic E-state index is 0.0612. The first-order chi connectivity index (χ1) is 14.4. The van der Waals surface area contributed by atoms with E-state index in [2.05, 4.69) is 11.9 Å². The Kier molecular flexibility index (Phi) is 6.98. The number of carbonyl (C=O) groups is 1. The van der Waals surface area contributed by atoms with Crippen molar-refractivity contribution in [3.05, 3.63) is 46.2 Å². The van der Waals surface area contributed by atoms with Crippen LogP contribution in [0.5, 0.6) is 5.75 Å². The summed E-state index contributed by atoms with van der Waals surface area (Å²) in [6, 6.07) is 7.82. The van der Waals surface area contributed by atoms with Crippen molar-refractivity contribution in [2.24, 2.45) is 0 Å². The predicted molar refractivity (Wildman–Crippen MR) is 120 cm³/mol. The molecule has 0 saturated carbocycles. The highest BCUT2D eigenvalue weighted by molar-refractivity contribution is 6.31. The topological polar surface area (TPSA) is 59.7 Å². The molecule has 1 amide bonds. The Bertz CT molecular complexity index is 1040. The molecule has 0 aliphatic carbocycles. The van der Waals surface area contributed by atoms with Gasteiger partial charge < -0.3 is 9.64 Å². The summed E-state index contributed by atoms with van der Waals surface area (Å²) in [7, 11) is 0. The standard InChI is InChI=1S/C23H29ClN4O2/c1-6-13-30-18-11-9-17(10-12-18)22-19(14-20(29)27(7-2)8-3)23-25-15(4)21(24)16(5)28(23)26-22/h9-12H,6-8,13-14H2,1-5H3. The third kappa shape index (κ3) is 4.29. The molecule has 2 heterocycles. The van der Waals surface area contributed by atoms with Gasteiger partial charge in [-0.3, -0.25) is 4.79 Å². The number of ether oxygens (including phenoxy) is 1. The van der Waals surface area contributed by atoms with Crippen LogP contribution in [0.3, 0.4) is 0 Å². The fourth-order valence-corrected chi connectivity index (χ4v) is 3.64. The first kappa shape index (κ1) is 22.1. The van der Waals surface area contributed by atoms with E-state index >= 15 is 0 Å². The molecule has 3 aromatic rings. The van der Waals surface area contributed by atoms with Crippen molar-refractivity contribution in [1.29, 1.82) is 0 Å². The molecule has 160 valence electrons. The summed E-state index contributed by atoms with van der Waals surface area (Å²) in [4.78, 5) is 19.4. The van der Waals surface area contributed by atoms with Gasteiger partial charge in [0, 0.05) is 24.2 Å². The molecule has 30 heavy (non-hydrogen) atoms. The third-order valence-corrected chi connectivity index (χ3v) is 5.77. The largest absolute Gasteiger partial charge is 0.494 e. The number of benzene rings is 1. The summed E-state index contributed by atoms with van der Waals surface area (Å²) in [5.41, 5.74) is 4.70. The number of fused-ring (bicyclic) bond motifs is 1. The van der Waals surface area contributed by atoms with Gasteiger partial charge in [-0.05, 0) is 58.4 Å². The zero-order valence-electron chi connectivity index (χ0n) is 18.3. The number of aryl methyl sites for hydroxylation is 2. The van der Waals surface area contributed by atoms with Crippen molar-refractivity contribution in [3.63, 3.8) is 0 Å². The van der Waals surface area contributed by atoms with E-state index in [1.165, 1.54) is 0 Å². The number of hydrogen-bond donors (Lipinski definition) is 0. The van der Waals surface area contributed by atoms with Crippen LogP contribution in [0.25, 0.3) is 16.9 Å². The Morgan fingerprint density at radius 1 is 1.13 bits per heavy atom. The number of likely N-dealkylation sites (N-methyl/N-ethyl adjacent to an activating group) is 1. The number of halogens is 1. The van der Waals surface area contributed by atoms with Crippen LogP contribution in [-0.4, -0.2) is 45.1 Å². The lowest BCUT2D eigenvalue weighted by molar-refractivity contribution is -0.130. The minimum absolute atomic E-state index is 0.0612. The van der Waals surface area contributed by atoms with Gasteiger partial charge in [-0.25, -0.2) is 9.50 Å². The van der Waals surface area contributed by atoms with Crippen molar-refractivity contribution in [1.82, 2.24) is 19.5 Å². The summed E-state index contributed by atoms with van der Waals surface area (Å²) < 4.78 is 7.44. The van der Waals surface area contributed by atoms with E-state index in [0.717, 1.165) is 40.4 Å². The molecule has 0 radical (unpaired) electrons. The van der Waals surface area contributed by atoms with Crippen LogP contribution in [0.15, 0.2) is 24.3 Å². The lowest BCUT2D eigenvalue weighted by atomic mass is 10.0. The molecular formula is C23H29ClN4O2. The summed E-state index contributed by atoms with van der Waals surface area (Å²) in [6.07, 6.45) is 1.19. The van der Waals surface area contributed by atoms with E-state index in [4.69, 9.17) is 21.4 Å². The van der Waals surface area contributed by atoms with E-state index in [-0.39, 0.29) is 12.3 Å². The van der Waals surface area contributed by atoms with Crippen molar-refractivity contribution >= 4 is 23.2 Å². The van der Waals surface area contributed by atoms with Crippen molar-refractivity contribution in [2.45, 2.75) is 47.5 Å². The molecule has 0 aliphatic rings. The minimum Gasteiger partial charge on any atom is -0.494 e. The van der Waals surface area contributed by atoms with E-state index in [1.54, 1.807) is 4.52 Å². The number of carbonyl (C=O) groups excluding carboxylic acids is 1. The summed E-state index contributed by atoms with van der Waals surface area (Å²) in [5, 5.41) is 5.38. The molecule has 6 nitrogen and oxygen atoms in total. The molecule has 1 aromatic carbocycles. The third-order valence-electron chi connectivity index (χ3n) is 5.23. The Morgan fingerprint density at radius 2 is 1.80 bits per heavy atom. The molecule has 0 fully saturated rings. The number of nitrogens with zero attached hydrogens (tertiary/aromatic N) is 4. The summed E-state index contributed by atoms with van der Waals surface area (Å²) in [5.74, 6) is 0.879.